The Morgan fingerprint density at radius 3 is 2.45 bits per heavy atom. The van der Waals surface area contributed by atoms with Crippen LogP contribution in [-0.2, 0) is 4.79 Å². The number of aryl methyl sites for hydroxylation is 1. The third-order valence-corrected chi connectivity index (χ3v) is 3.06. The number of hydrogen-bond donors (Lipinski definition) is 0. The van der Waals surface area contributed by atoms with E-state index in [9.17, 15) is 9.59 Å². The van der Waals surface area contributed by atoms with Gasteiger partial charge in [-0.3, -0.25) is 9.59 Å². The van der Waals surface area contributed by atoms with Crippen molar-refractivity contribution in [2.75, 3.05) is 0 Å². The summed E-state index contributed by atoms with van der Waals surface area (Å²) in [6, 6.07) is 3.28. The number of esters is 1. The maximum atomic E-state index is 12.2. The third kappa shape index (κ3) is 2.46. The monoisotopic (exact) mass is 274 g/mol. The summed E-state index contributed by atoms with van der Waals surface area (Å²) in [5, 5.41) is 0. The van der Waals surface area contributed by atoms with Gasteiger partial charge >= 0.3 is 5.97 Å². The van der Waals surface area contributed by atoms with Crippen LogP contribution >= 0.6 is 0 Å². The lowest BCUT2D eigenvalue weighted by Gasteiger charge is -2.09. The largest absolute Gasteiger partial charge is 0.452 e. The van der Waals surface area contributed by atoms with Crippen molar-refractivity contribution < 1.29 is 19.1 Å². The Bertz CT molecular complexity index is 620. The first kappa shape index (κ1) is 14.3. The zero-order chi connectivity index (χ0) is 15.0. The van der Waals surface area contributed by atoms with E-state index in [0.717, 1.165) is 11.1 Å². The highest BCUT2D eigenvalue weighted by Crippen LogP contribution is 2.37. The van der Waals surface area contributed by atoms with Crippen LogP contribution in [0.2, 0.25) is 0 Å². The Morgan fingerprint density at radius 2 is 1.90 bits per heavy atom. The van der Waals surface area contributed by atoms with Crippen molar-refractivity contribution in [3.8, 4) is 11.5 Å². The standard InChI is InChI=1S/C16H18O4/c1-8(2)15-14(17)13-10(5)6-11(7-12(13)20-15)19-16(18)9(3)4/h6-7,9H,1-5H3. The Kier molecular flexibility index (Phi) is 3.66. The normalized spacial score (nSPS) is 13.3. The summed E-state index contributed by atoms with van der Waals surface area (Å²) >= 11 is 0. The van der Waals surface area contributed by atoms with Crippen LogP contribution in [0.25, 0.3) is 0 Å². The van der Waals surface area contributed by atoms with Crippen molar-refractivity contribution in [2.45, 2.75) is 34.6 Å². The number of Topliss-reactive ketones (excluding diaryl/α,β-unsaturated/α-hetero) is 1. The van der Waals surface area contributed by atoms with Crippen molar-refractivity contribution in [1.82, 2.24) is 0 Å². The summed E-state index contributed by atoms with van der Waals surface area (Å²) in [4.78, 5) is 23.8. The summed E-state index contributed by atoms with van der Waals surface area (Å²) in [5.41, 5.74) is 2.12. The summed E-state index contributed by atoms with van der Waals surface area (Å²) < 4.78 is 10.8. The van der Waals surface area contributed by atoms with Crippen molar-refractivity contribution in [1.29, 1.82) is 0 Å². The first-order valence-electron chi connectivity index (χ1n) is 6.57. The van der Waals surface area contributed by atoms with Gasteiger partial charge in [0.25, 0.3) is 0 Å². The summed E-state index contributed by atoms with van der Waals surface area (Å²) in [5.74, 6) is 0.589. The highest BCUT2D eigenvalue weighted by Gasteiger charge is 2.31. The smallest absolute Gasteiger partial charge is 0.313 e. The van der Waals surface area contributed by atoms with Crippen LogP contribution in [0.5, 0.6) is 11.5 Å². The summed E-state index contributed by atoms with van der Waals surface area (Å²) in [6.07, 6.45) is 0. The molecule has 0 fully saturated rings. The van der Waals surface area contributed by atoms with Gasteiger partial charge in [0.1, 0.15) is 11.5 Å². The number of ether oxygens (including phenoxy) is 2. The lowest BCUT2D eigenvalue weighted by Crippen LogP contribution is -2.14. The van der Waals surface area contributed by atoms with Gasteiger partial charge in [0.15, 0.2) is 5.76 Å². The Morgan fingerprint density at radius 1 is 1.25 bits per heavy atom. The van der Waals surface area contributed by atoms with Crippen LogP contribution < -0.4 is 9.47 Å². The quantitative estimate of drug-likeness (QED) is 0.471. The first-order chi connectivity index (χ1) is 9.31. The molecule has 1 aliphatic heterocycles. The Labute approximate surface area is 118 Å². The van der Waals surface area contributed by atoms with Crippen LogP contribution in [0.1, 0.15) is 43.6 Å². The van der Waals surface area contributed by atoms with E-state index in [-0.39, 0.29) is 17.7 Å². The van der Waals surface area contributed by atoms with Crippen molar-refractivity contribution in [3.05, 3.63) is 34.6 Å². The minimum absolute atomic E-state index is 0.112. The van der Waals surface area contributed by atoms with Gasteiger partial charge in [-0.1, -0.05) is 13.8 Å². The molecular formula is C16H18O4. The predicted molar refractivity (Wildman–Crippen MR) is 75.0 cm³/mol. The van der Waals surface area contributed by atoms with Crippen LogP contribution in [0.15, 0.2) is 23.5 Å². The molecule has 4 nitrogen and oxygen atoms in total. The van der Waals surface area contributed by atoms with Gasteiger partial charge in [-0.25, -0.2) is 0 Å². The number of hydrogen-bond acceptors (Lipinski definition) is 4. The second-order valence-corrected chi connectivity index (χ2v) is 5.45. The van der Waals surface area contributed by atoms with E-state index in [1.165, 1.54) is 0 Å². The Hall–Kier alpha value is -2.10. The fourth-order valence-corrected chi connectivity index (χ4v) is 1.99. The number of rotatable bonds is 2. The summed E-state index contributed by atoms with van der Waals surface area (Å²) in [6.45, 7) is 9.00. The predicted octanol–water partition coefficient (Wildman–Crippen LogP) is 3.43. The van der Waals surface area contributed by atoms with Crippen LogP contribution in [0.4, 0.5) is 0 Å². The van der Waals surface area contributed by atoms with E-state index in [1.54, 1.807) is 32.9 Å². The molecular weight excluding hydrogens is 256 g/mol. The molecule has 0 aromatic heterocycles. The fraction of sp³-hybridized carbons (Fsp3) is 0.375. The zero-order valence-electron chi connectivity index (χ0n) is 12.4. The van der Waals surface area contributed by atoms with Crippen LogP contribution in [-0.4, -0.2) is 11.8 Å². The molecule has 106 valence electrons. The van der Waals surface area contributed by atoms with Gasteiger partial charge in [-0.05, 0) is 38.0 Å². The Balaban J connectivity index is 2.40. The van der Waals surface area contributed by atoms with Gasteiger partial charge in [0.05, 0.1) is 11.5 Å². The van der Waals surface area contributed by atoms with Gasteiger partial charge < -0.3 is 9.47 Å². The number of allylic oxidation sites excluding steroid dienone is 2. The molecule has 1 aromatic carbocycles. The number of carbonyl (C=O) groups is 2. The van der Waals surface area contributed by atoms with Gasteiger partial charge in [0, 0.05) is 6.07 Å². The molecule has 4 heteroatoms. The molecule has 0 unspecified atom stereocenters. The molecule has 0 bridgehead atoms. The number of carbonyl (C=O) groups excluding carboxylic acids is 2. The topological polar surface area (TPSA) is 52.6 Å². The van der Waals surface area contributed by atoms with Gasteiger partial charge in [0.2, 0.25) is 5.78 Å². The van der Waals surface area contributed by atoms with E-state index in [4.69, 9.17) is 9.47 Å². The highest BCUT2D eigenvalue weighted by atomic mass is 16.5. The maximum Gasteiger partial charge on any atom is 0.313 e. The van der Waals surface area contributed by atoms with E-state index in [1.807, 2.05) is 13.8 Å². The second-order valence-electron chi connectivity index (χ2n) is 5.45. The molecule has 1 heterocycles. The van der Waals surface area contributed by atoms with E-state index in [0.29, 0.717) is 22.8 Å². The molecule has 1 aromatic rings. The van der Waals surface area contributed by atoms with Gasteiger partial charge in [-0.2, -0.15) is 0 Å². The van der Waals surface area contributed by atoms with Crippen LogP contribution in [0.3, 0.4) is 0 Å². The molecule has 0 atom stereocenters. The minimum atomic E-state index is -0.309. The molecule has 2 rings (SSSR count). The lowest BCUT2D eigenvalue weighted by atomic mass is 10.0. The molecule has 0 spiro atoms. The van der Waals surface area contributed by atoms with E-state index < -0.39 is 0 Å². The van der Waals surface area contributed by atoms with E-state index in [2.05, 4.69) is 0 Å². The maximum absolute atomic E-state index is 12.2. The molecule has 0 saturated carbocycles. The second kappa shape index (κ2) is 5.12. The van der Waals surface area contributed by atoms with Crippen LogP contribution in [0, 0.1) is 12.8 Å². The zero-order valence-corrected chi connectivity index (χ0v) is 12.4. The molecule has 0 amide bonds. The number of ketones is 1. The lowest BCUT2D eigenvalue weighted by molar-refractivity contribution is -0.137. The average Bonchev–Trinajstić information content (AvgIpc) is 2.66. The van der Waals surface area contributed by atoms with Crippen molar-refractivity contribution in [2.24, 2.45) is 5.92 Å². The highest BCUT2D eigenvalue weighted by molar-refractivity contribution is 6.13. The summed E-state index contributed by atoms with van der Waals surface area (Å²) in [7, 11) is 0. The van der Waals surface area contributed by atoms with Crippen molar-refractivity contribution in [3.63, 3.8) is 0 Å². The third-order valence-electron chi connectivity index (χ3n) is 3.06. The van der Waals surface area contributed by atoms with Gasteiger partial charge in [-0.15, -0.1) is 0 Å². The molecule has 1 aliphatic rings. The first-order valence-corrected chi connectivity index (χ1v) is 6.57. The average molecular weight is 274 g/mol. The fourth-order valence-electron chi connectivity index (χ4n) is 1.99. The molecule has 0 saturated heterocycles. The molecule has 20 heavy (non-hydrogen) atoms. The van der Waals surface area contributed by atoms with Crippen molar-refractivity contribution >= 4 is 11.8 Å². The number of benzene rings is 1. The van der Waals surface area contributed by atoms with E-state index >= 15 is 0 Å². The minimum Gasteiger partial charge on any atom is -0.452 e. The molecule has 0 N–H and O–H groups in total. The number of fused-ring (bicyclic) bond motifs is 1. The SMILES string of the molecule is CC(C)=C1Oc2cc(OC(=O)C(C)C)cc(C)c2C1=O. The molecule has 0 aliphatic carbocycles. The molecule has 0 radical (unpaired) electrons.